The van der Waals surface area contributed by atoms with Crippen molar-refractivity contribution in [1.29, 1.82) is 0 Å². The van der Waals surface area contributed by atoms with Gasteiger partial charge >= 0.3 is 0 Å². The number of nitrogens with one attached hydrogen (secondary N) is 1. The number of amides is 2. The number of aromatic nitrogens is 2. The second kappa shape index (κ2) is 11.8. The number of rotatable bonds is 11. The Morgan fingerprint density at radius 2 is 2.18 bits per heavy atom. The van der Waals surface area contributed by atoms with Gasteiger partial charge in [0.25, 0.3) is 0 Å². The standard InChI is InChI=1S/C25H33N5O3S/c1-5-7-21(33-6-2)17(3)8-9-23(31)28-25-20(14-26)19-10-12-30(15-22(19)34-25)24(32)16-29-13-11-27-18(29)4/h5,7,11,13H,1,3,6,8-10,12,14-16,26H2,2,4H3,(H,28,31)/b21-7+. The van der Waals surface area contributed by atoms with Gasteiger partial charge in [0.05, 0.1) is 18.2 Å². The van der Waals surface area contributed by atoms with E-state index in [0.29, 0.717) is 38.4 Å². The second-order valence-electron chi connectivity index (χ2n) is 8.03. The molecule has 3 heterocycles. The number of anilines is 1. The fourth-order valence-electron chi connectivity index (χ4n) is 3.92. The summed E-state index contributed by atoms with van der Waals surface area (Å²) >= 11 is 1.51. The zero-order valence-corrected chi connectivity index (χ0v) is 20.7. The predicted octanol–water partition coefficient (Wildman–Crippen LogP) is 3.68. The molecule has 1 aliphatic rings. The topological polar surface area (TPSA) is 102 Å². The van der Waals surface area contributed by atoms with Gasteiger partial charge in [0, 0.05) is 42.3 Å². The van der Waals surface area contributed by atoms with Crippen molar-refractivity contribution in [3.8, 4) is 0 Å². The molecule has 2 aromatic heterocycles. The van der Waals surface area contributed by atoms with Crippen LogP contribution in [0.2, 0.25) is 0 Å². The molecule has 0 unspecified atom stereocenters. The van der Waals surface area contributed by atoms with Crippen molar-refractivity contribution < 1.29 is 14.3 Å². The van der Waals surface area contributed by atoms with Crippen LogP contribution in [0.3, 0.4) is 0 Å². The van der Waals surface area contributed by atoms with E-state index >= 15 is 0 Å². The first-order valence-corrected chi connectivity index (χ1v) is 12.2. The Morgan fingerprint density at radius 1 is 1.38 bits per heavy atom. The van der Waals surface area contributed by atoms with Crippen LogP contribution in [-0.4, -0.2) is 39.4 Å². The van der Waals surface area contributed by atoms with E-state index in [2.05, 4.69) is 23.5 Å². The Kier molecular flexibility index (Phi) is 8.84. The monoisotopic (exact) mass is 483 g/mol. The molecule has 0 bridgehead atoms. The summed E-state index contributed by atoms with van der Waals surface area (Å²) in [6.07, 6.45) is 8.39. The lowest BCUT2D eigenvalue weighted by atomic mass is 10.0. The van der Waals surface area contributed by atoms with Crippen LogP contribution in [0.5, 0.6) is 0 Å². The summed E-state index contributed by atoms with van der Waals surface area (Å²) in [5.41, 5.74) is 8.91. The minimum Gasteiger partial charge on any atom is -0.494 e. The zero-order valence-electron chi connectivity index (χ0n) is 19.9. The normalized spacial score (nSPS) is 13.4. The van der Waals surface area contributed by atoms with Crippen LogP contribution in [0.4, 0.5) is 5.00 Å². The summed E-state index contributed by atoms with van der Waals surface area (Å²) in [6.45, 7) is 13.8. The van der Waals surface area contributed by atoms with Gasteiger partial charge in [-0.1, -0.05) is 19.2 Å². The highest BCUT2D eigenvalue weighted by molar-refractivity contribution is 7.16. The molecule has 1 aliphatic heterocycles. The third-order valence-electron chi connectivity index (χ3n) is 5.78. The Labute approximate surface area is 204 Å². The average Bonchev–Trinajstić information content (AvgIpc) is 3.38. The summed E-state index contributed by atoms with van der Waals surface area (Å²) in [6, 6.07) is 0. The van der Waals surface area contributed by atoms with Crippen LogP contribution in [0.25, 0.3) is 0 Å². The summed E-state index contributed by atoms with van der Waals surface area (Å²) in [7, 11) is 0. The molecule has 0 aliphatic carbocycles. The van der Waals surface area contributed by atoms with Gasteiger partial charge in [-0.2, -0.15) is 0 Å². The van der Waals surface area contributed by atoms with E-state index in [4.69, 9.17) is 10.5 Å². The van der Waals surface area contributed by atoms with Gasteiger partial charge < -0.3 is 25.3 Å². The number of aryl methyl sites for hydroxylation is 1. The molecule has 182 valence electrons. The van der Waals surface area contributed by atoms with E-state index in [9.17, 15) is 9.59 Å². The molecule has 8 nitrogen and oxygen atoms in total. The molecule has 0 atom stereocenters. The van der Waals surface area contributed by atoms with Gasteiger partial charge in [-0.3, -0.25) is 9.59 Å². The lowest BCUT2D eigenvalue weighted by Gasteiger charge is -2.27. The molecule has 0 saturated carbocycles. The highest BCUT2D eigenvalue weighted by Gasteiger charge is 2.27. The Hall–Kier alpha value is -3.17. The van der Waals surface area contributed by atoms with E-state index < -0.39 is 0 Å². The highest BCUT2D eigenvalue weighted by Crippen LogP contribution is 2.37. The number of hydrogen-bond acceptors (Lipinski definition) is 6. The van der Waals surface area contributed by atoms with Gasteiger partial charge in [0.15, 0.2) is 0 Å². The van der Waals surface area contributed by atoms with Gasteiger partial charge in [-0.25, -0.2) is 4.98 Å². The first-order valence-electron chi connectivity index (χ1n) is 11.4. The van der Waals surface area contributed by atoms with Crippen LogP contribution < -0.4 is 11.1 Å². The number of ether oxygens (including phenoxy) is 1. The molecule has 9 heteroatoms. The maximum Gasteiger partial charge on any atom is 0.242 e. The molecular formula is C25H33N5O3S. The van der Waals surface area contributed by atoms with Crippen molar-refractivity contribution in [1.82, 2.24) is 14.5 Å². The number of carbonyl (C=O) groups excluding carboxylic acids is 2. The predicted molar refractivity (Wildman–Crippen MR) is 135 cm³/mol. The first-order chi connectivity index (χ1) is 16.4. The fraction of sp³-hybridized carbons (Fsp3) is 0.400. The fourth-order valence-corrected chi connectivity index (χ4v) is 5.23. The highest BCUT2D eigenvalue weighted by atomic mass is 32.1. The van der Waals surface area contributed by atoms with Crippen LogP contribution in [-0.2, 0) is 40.4 Å². The van der Waals surface area contributed by atoms with Crippen LogP contribution in [0.15, 0.2) is 49.0 Å². The SMILES string of the molecule is C=C/C=C(/OCC)C(=C)CCC(=O)Nc1sc2c(c1CN)CCN(C(=O)Cn1ccnc1C)C2. The molecule has 2 amide bonds. The molecule has 0 fully saturated rings. The summed E-state index contributed by atoms with van der Waals surface area (Å²) in [5, 5.41) is 3.80. The van der Waals surface area contributed by atoms with Crippen molar-refractivity contribution in [2.75, 3.05) is 18.5 Å². The Balaban J connectivity index is 1.63. The average molecular weight is 484 g/mol. The zero-order chi connectivity index (χ0) is 24.7. The molecule has 34 heavy (non-hydrogen) atoms. The number of nitrogens with zero attached hydrogens (tertiary/aromatic N) is 3. The molecule has 0 aromatic carbocycles. The van der Waals surface area contributed by atoms with Gasteiger partial charge in [-0.15, -0.1) is 11.3 Å². The van der Waals surface area contributed by atoms with E-state index in [1.54, 1.807) is 18.3 Å². The Morgan fingerprint density at radius 3 is 2.82 bits per heavy atom. The molecule has 3 N–H and O–H groups in total. The summed E-state index contributed by atoms with van der Waals surface area (Å²) in [5.74, 6) is 1.41. The minimum atomic E-state index is -0.104. The van der Waals surface area contributed by atoms with Gasteiger partial charge in [-0.05, 0) is 43.9 Å². The molecule has 2 aromatic rings. The van der Waals surface area contributed by atoms with Crippen LogP contribution >= 0.6 is 11.3 Å². The molecular weight excluding hydrogens is 450 g/mol. The Bertz CT molecular complexity index is 1100. The third kappa shape index (κ3) is 6.03. The van der Waals surface area contributed by atoms with Crippen LogP contribution in [0.1, 0.15) is 41.6 Å². The van der Waals surface area contributed by atoms with Crippen LogP contribution in [0, 0.1) is 6.92 Å². The molecule has 0 spiro atoms. The largest absolute Gasteiger partial charge is 0.494 e. The quantitative estimate of drug-likeness (QED) is 0.375. The third-order valence-corrected chi connectivity index (χ3v) is 6.95. The maximum absolute atomic E-state index is 12.8. The smallest absolute Gasteiger partial charge is 0.242 e. The minimum absolute atomic E-state index is 0.0521. The van der Waals surface area contributed by atoms with E-state index in [-0.39, 0.29) is 24.8 Å². The first kappa shape index (κ1) is 25.5. The summed E-state index contributed by atoms with van der Waals surface area (Å²) < 4.78 is 7.41. The number of imidazole rings is 1. The number of nitrogens with two attached hydrogens (primary N) is 1. The molecule has 0 radical (unpaired) electrons. The lowest BCUT2D eigenvalue weighted by Crippen LogP contribution is -2.37. The van der Waals surface area contributed by atoms with Crippen molar-refractivity contribution in [3.05, 3.63) is 70.9 Å². The van der Waals surface area contributed by atoms with Gasteiger partial charge in [0.1, 0.15) is 18.1 Å². The van der Waals surface area contributed by atoms with Crippen molar-refractivity contribution >= 4 is 28.2 Å². The number of hydrogen-bond donors (Lipinski definition) is 2. The number of thiophene rings is 1. The van der Waals surface area contributed by atoms with Gasteiger partial charge in [0.2, 0.25) is 11.8 Å². The second-order valence-corrected chi connectivity index (χ2v) is 9.14. The lowest BCUT2D eigenvalue weighted by molar-refractivity contribution is -0.132. The molecule has 0 saturated heterocycles. The van der Waals surface area contributed by atoms with E-state index in [0.717, 1.165) is 38.8 Å². The van der Waals surface area contributed by atoms with E-state index in [1.807, 2.05) is 29.5 Å². The molecule has 3 rings (SSSR count). The van der Waals surface area contributed by atoms with Crippen molar-refractivity contribution in [3.63, 3.8) is 0 Å². The maximum atomic E-state index is 12.8. The number of fused-ring (bicyclic) bond motifs is 1. The van der Waals surface area contributed by atoms with Crippen molar-refractivity contribution in [2.24, 2.45) is 5.73 Å². The number of allylic oxidation sites excluding steroid dienone is 3. The number of carbonyl (C=O) groups is 2. The summed E-state index contributed by atoms with van der Waals surface area (Å²) in [4.78, 5) is 32.6. The van der Waals surface area contributed by atoms with Crippen molar-refractivity contribution in [2.45, 2.75) is 52.7 Å². The van der Waals surface area contributed by atoms with E-state index in [1.165, 1.54) is 11.3 Å².